The van der Waals surface area contributed by atoms with Gasteiger partial charge < -0.3 is 9.84 Å². The quantitative estimate of drug-likeness (QED) is 0.592. The average molecular weight is 278 g/mol. The van der Waals surface area contributed by atoms with E-state index in [1.165, 1.54) is 0 Å². The molecular formula is C17H26O3. The largest absolute Gasteiger partial charge is 0.465 e. The van der Waals surface area contributed by atoms with Gasteiger partial charge in [-0.25, -0.2) is 0 Å². The first-order valence-corrected chi connectivity index (χ1v) is 7.82. The van der Waals surface area contributed by atoms with Crippen LogP contribution < -0.4 is 0 Å². The van der Waals surface area contributed by atoms with Gasteiger partial charge in [0.25, 0.3) is 0 Å². The molecule has 1 saturated heterocycles. The Morgan fingerprint density at radius 1 is 1.35 bits per heavy atom. The summed E-state index contributed by atoms with van der Waals surface area (Å²) in [7, 11) is 0. The number of cyclic esters (lactones) is 1. The third-order valence-corrected chi connectivity index (χ3v) is 5.85. The molecule has 0 radical (unpaired) electrons. The van der Waals surface area contributed by atoms with Gasteiger partial charge in [0.15, 0.2) is 0 Å². The first-order chi connectivity index (χ1) is 9.25. The van der Waals surface area contributed by atoms with Crippen LogP contribution in [0, 0.1) is 22.7 Å². The van der Waals surface area contributed by atoms with Crippen LogP contribution in [0.2, 0.25) is 0 Å². The van der Waals surface area contributed by atoms with E-state index >= 15 is 0 Å². The number of hydrogen-bond donors (Lipinski definition) is 1. The zero-order valence-corrected chi connectivity index (χ0v) is 12.8. The number of fused-ring (bicyclic) bond motifs is 1. The second-order valence-electron chi connectivity index (χ2n) is 8.14. The number of carbonyl (C=O) groups is 1. The lowest BCUT2D eigenvalue weighted by molar-refractivity contribution is -0.144. The number of aliphatic hydroxyl groups is 1. The molecule has 0 aromatic carbocycles. The molecule has 3 aliphatic rings. The zero-order valence-electron chi connectivity index (χ0n) is 12.8. The number of allylic oxidation sites excluding steroid dienone is 1. The molecule has 0 aromatic rings. The summed E-state index contributed by atoms with van der Waals surface area (Å²) in [5.74, 6) is 0.178. The zero-order chi connectivity index (χ0) is 14.6. The Kier molecular flexibility index (Phi) is 3.06. The summed E-state index contributed by atoms with van der Waals surface area (Å²) in [4.78, 5) is 11.7. The first-order valence-electron chi connectivity index (χ1n) is 7.82. The average Bonchev–Trinajstić information content (AvgIpc) is 2.68. The van der Waals surface area contributed by atoms with Gasteiger partial charge in [-0.2, -0.15) is 0 Å². The number of rotatable bonds is 1. The monoisotopic (exact) mass is 278 g/mol. The third-order valence-electron chi connectivity index (χ3n) is 5.85. The van der Waals surface area contributed by atoms with Gasteiger partial charge in [-0.05, 0) is 37.5 Å². The molecule has 0 spiro atoms. The lowest BCUT2D eigenvalue weighted by Gasteiger charge is -2.52. The maximum absolute atomic E-state index is 11.7. The van der Waals surface area contributed by atoms with Crippen molar-refractivity contribution in [3.63, 3.8) is 0 Å². The molecule has 1 saturated carbocycles. The fourth-order valence-electron chi connectivity index (χ4n) is 4.69. The highest BCUT2D eigenvalue weighted by molar-refractivity contribution is 5.75. The minimum atomic E-state index is -0.698. The fraction of sp³-hybridized carbons (Fsp3) is 0.824. The van der Waals surface area contributed by atoms with Gasteiger partial charge >= 0.3 is 5.97 Å². The van der Waals surface area contributed by atoms with Crippen molar-refractivity contribution in [3.05, 3.63) is 12.2 Å². The van der Waals surface area contributed by atoms with E-state index in [0.29, 0.717) is 19.4 Å². The molecule has 1 aliphatic heterocycles. The molecule has 20 heavy (non-hydrogen) atoms. The summed E-state index contributed by atoms with van der Waals surface area (Å²) in [5.41, 5.74) is -0.653. The lowest BCUT2D eigenvalue weighted by Crippen LogP contribution is -2.53. The van der Waals surface area contributed by atoms with Crippen molar-refractivity contribution in [1.82, 2.24) is 0 Å². The van der Waals surface area contributed by atoms with Crippen molar-refractivity contribution in [2.24, 2.45) is 22.7 Å². The van der Waals surface area contributed by atoms with Crippen LogP contribution in [0.15, 0.2) is 12.2 Å². The summed E-state index contributed by atoms with van der Waals surface area (Å²) in [5, 5.41) is 11.3. The fourth-order valence-corrected chi connectivity index (χ4v) is 4.69. The molecular weight excluding hydrogens is 252 g/mol. The SMILES string of the molecule is CC1(C)CC=CC(C)([C@]2(O)CC[C@@H]3C(=O)OC[C@@H]3C2)C1. The van der Waals surface area contributed by atoms with Crippen molar-refractivity contribution >= 4 is 5.97 Å². The van der Waals surface area contributed by atoms with Crippen molar-refractivity contribution in [3.8, 4) is 0 Å². The molecule has 2 aliphatic carbocycles. The van der Waals surface area contributed by atoms with E-state index in [2.05, 4.69) is 32.9 Å². The van der Waals surface area contributed by atoms with Crippen LogP contribution in [0.4, 0.5) is 0 Å². The molecule has 0 bridgehead atoms. The lowest BCUT2D eigenvalue weighted by atomic mass is 9.55. The van der Waals surface area contributed by atoms with Crippen LogP contribution in [-0.2, 0) is 9.53 Å². The molecule has 1 heterocycles. The maximum atomic E-state index is 11.7. The molecule has 0 amide bonds. The van der Waals surface area contributed by atoms with E-state index in [4.69, 9.17) is 4.74 Å². The Hall–Kier alpha value is -0.830. The van der Waals surface area contributed by atoms with Crippen LogP contribution in [0.25, 0.3) is 0 Å². The highest BCUT2D eigenvalue weighted by Crippen LogP contribution is 2.55. The molecule has 4 atom stereocenters. The topological polar surface area (TPSA) is 46.5 Å². The van der Waals surface area contributed by atoms with Crippen molar-refractivity contribution in [2.75, 3.05) is 6.61 Å². The smallest absolute Gasteiger partial charge is 0.309 e. The van der Waals surface area contributed by atoms with Crippen molar-refractivity contribution < 1.29 is 14.6 Å². The van der Waals surface area contributed by atoms with E-state index in [-0.39, 0.29) is 28.6 Å². The van der Waals surface area contributed by atoms with Gasteiger partial charge in [-0.3, -0.25) is 4.79 Å². The predicted octanol–water partition coefficient (Wildman–Crippen LogP) is 3.07. The van der Waals surface area contributed by atoms with Crippen LogP contribution in [0.5, 0.6) is 0 Å². The maximum Gasteiger partial charge on any atom is 0.309 e. The molecule has 2 fully saturated rings. The van der Waals surface area contributed by atoms with Crippen LogP contribution in [-0.4, -0.2) is 23.3 Å². The van der Waals surface area contributed by atoms with Gasteiger partial charge in [-0.1, -0.05) is 32.9 Å². The van der Waals surface area contributed by atoms with E-state index in [0.717, 1.165) is 19.3 Å². The van der Waals surface area contributed by atoms with Crippen molar-refractivity contribution in [1.29, 1.82) is 0 Å². The molecule has 3 heteroatoms. The van der Waals surface area contributed by atoms with Gasteiger partial charge in [0.1, 0.15) is 0 Å². The van der Waals surface area contributed by atoms with E-state index in [1.807, 2.05) is 0 Å². The minimum Gasteiger partial charge on any atom is -0.465 e. The number of esters is 1. The van der Waals surface area contributed by atoms with Crippen molar-refractivity contribution in [2.45, 2.75) is 58.5 Å². The summed E-state index contributed by atoms with van der Waals surface area (Å²) in [6, 6.07) is 0. The molecule has 1 N–H and O–H groups in total. The Labute approximate surface area is 121 Å². The summed E-state index contributed by atoms with van der Waals surface area (Å²) < 4.78 is 5.19. The van der Waals surface area contributed by atoms with Gasteiger partial charge in [0.05, 0.1) is 18.1 Å². The molecule has 112 valence electrons. The van der Waals surface area contributed by atoms with Crippen LogP contribution in [0.3, 0.4) is 0 Å². The second kappa shape index (κ2) is 4.33. The summed E-state index contributed by atoms with van der Waals surface area (Å²) in [6.45, 7) is 7.22. The number of ether oxygens (including phenoxy) is 1. The van der Waals surface area contributed by atoms with E-state index < -0.39 is 5.60 Å². The first kappa shape index (κ1) is 14.1. The Bertz CT molecular complexity index is 453. The Balaban J connectivity index is 1.84. The Morgan fingerprint density at radius 2 is 2.10 bits per heavy atom. The highest BCUT2D eigenvalue weighted by Gasteiger charge is 2.55. The highest BCUT2D eigenvalue weighted by atomic mass is 16.5. The van der Waals surface area contributed by atoms with Gasteiger partial charge in [0.2, 0.25) is 0 Å². The van der Waals surface area contributed by atoms with E-state index in [1.54, 1.807) is 0 Å². The normalized spacial score (nSPS) is 46.9. The predicted molar refractivity (Wildman–Crippen MR) is 77.0 cm³/mol. The minimum absolute atomic E-state index is 0.0273. The third kappa shape index (κ3) is 2.11. The Morgan fingerprint density at radius 3 is 2.80 bits per heavy atom. The van der Waals surface area contributed by atoms with Crippen LogP contribution >= 0.6 is 0 Å². The molecule has 1 unspecified atom stereocenters. The molecule has 3 nitrogen and oxygen atoms in total. The molecule has 3 rings (SSSR count). The number of carbonyl (C=O) groups excluding carboxylic acids is 1. The van der Waals surface area contributed by atoms with Crippen LogP contribution in [0.1, 0.15) is 52.9 Å². The van der Waals surface area contributed by atoms with Gasteiger partial charge in [0, 0.05) is 11.3 Å². The standard InChI is InChI=1S/C17H26O3/c1-15(2)6-4-7-16(3,11-15)17(19)8-5-13-12(9-17)10-20-14(13)18/h4,7,12-13,19H,5-6,8-11H2,1-3H3/t12-,13-,16?,17-/m0/s1. The summed E-state index contributed by atoms with van der Waals surface area (Å²) >= 11 is 0. The summed E-state index contributed by atoms with van der Waals surface area (Å²) in [6.07, 6.45) is 8.69. The van der Waals surface area contributed by atoms with E-state index in [9.17, 15) is 9.90 Å². The second-order valence-corrected chi connectivity index (χ2v) is 8.14. The molecule has 0 aromatic heterocycles. The number of hydrogen-bond acceptors (Lipinski definition) is 3. The van der Waals surface area contributed by atoms with Gasteiger partial charge in [-0.15, -0.1) is 0 Å².